The highest BCUT2D eigenvalue weighted by atomic mass is 15.2. The molecule has 0 spiro atoms. The molecule has 0 radical (unpaired) electrons. The van der Waals surface area contributed by atoms with Crippen LogP contribution in [-0.2, 0) is 0 Å². The number of nitrogens with zero attached hydrogens (tertiary/aromatic N) is 6. The van der Waals surface area contributed by atoms with Crippen LogP contribution < -0.4 is 0 Å². The quantitative estimate of drug-likeness (QED) is 0.160. The number of aromatic nitrogens is 6. The SMILES string of the molecule is c1ccc(-c2ccc(-n3c4ccccc4c4ccc5c6ccccc6n(-c6nc(-c7ccccc7)nc(-c7ccc8c9ccccc9n(-c9ccccc9)c8c7)n6)c5c43)c(-c3ccccc3)c2)cc1. The molecule has 14 aromatic rings. The molecular formula is C63H40N6. The van der Waals surface area contributed by atoms with Crippen molar-refractivity contribution in [2.45, 2.75) is 0 Å². The van der Waals surface area contributed by atoms with E-state index < -0.39 is 0 Å². The summed E-state index contributed by atoms with van der Waals surface area (Å²) >= 11 is 0. The van der Waals surface area contributed by atoms with Gasteiger partial charge >= 0.3 is 0 Å². The van der Waals surface area contributed by atoms with Gasteiger partial charge in [0.05, 0.1) is 38.8 Å². The molecule has 4 heterocycles. The van der Waals surface area contributed by atoms with Crippen LogP contribution in [0.2, 0.25) is 0 Å². The molecule has 0 N–H and O–H groups in total. The Morgan fingerprint density at radius 3 is 1.35 bits per heavy atom. The number of hydrogen-bond acceptors (Lipinski definition) is 3. The van der Waals surface area contributed by atoms with Crippen molar-refractivity contribution in [1.29, 1.82) is 0 Å². The lowest BCUT2D eigenvalue weighted by molar-refractivity contribution is 0.953. The summed E-state index contributed by atoms with van der Waals surface area (Å²) in [7, 11) is 0. The minimum absolute atomic E-state index is 0.542. The van der Waals surface area contributed by atoms with Gasteiger partial charge in [0, 0.05) is 54.7 Å². The van der Waals surface area contributed by atoms with Crippen molar-refractivity contribution in [2.24, 2.45) is 0 Å². The van der Waals surface area contributed by atoms with Gasteiger partial charge in [-0.25, -0.2) is 4.98 Å². The molecule has 0 aliphatic rings. The van der Waals surface area contributed by atoms with Crippen LogP contribution >= 0.6 is 0 Å². The number of hydrogen-bond donors (Lipinski definition) is 0. The van der Waals surface area contributed by atoms with Gasteiger partial charge in [0.2, 0.25) is 5.95 Å². The summed E-state index contributed by atoms with van der Waals surface area (Å²) < 4.78 is 7.09. The summed E-state index contributed by atoms with van der Waals surface area (Å²) in [5.41, 5.74) is 15.0. The second kappa shape index (κ2) is 15.6. The number of fused-ring (bicyclic) bond motifs is 10. The van der Waals surface area contributed by atoms with Crippen LogP contribution in [0.25, 0.3) is 128 Å². The molecule has 6 nitrogen and oxygen atoms in total. The Balaban J connectivity index is 1.09. The number of rotatable bonds is 7. The van der Waals surface area contributed by atoms with E-state index in [0.29, 0.717) is 17.6 Å². The van der Waals surface area contributed by atoms with Crippen molar-refractivity contribution in [3.05, 3.63) is 243 Å². The van der Waals surface area contributed by atoms with E-state index in [9.17, 15) is 0 Å². The highest BCUT2D eigenvalue weighted by molar-refractivity contribution is 6.24. The average Bonchev–Trinajstić information content (AvgIpc) is 4.07. The van der Waals surface area contributed by atoms with E-state index in [1.165, 1.54) is 21.7 Å². The molecule has 0 atom stereocenters. The lowest BCUT2D eigenvalue weighted by atomic mass is 9.97. The molecule has 0 unspecified atom stereocenters. The summed E-state index contributed by atoms with van der Waals surface area (Å²) in [5.74, 6) is 1.73. The van der Waals surface area contributed by atoms with Crippen molar-refractivity contribution < 1.29 is 0 Å². The van der Waals surface area contributed by atoms with E-state index >= 15 is 0 Å². The maximum Gasteiger partial charge on any atom is 0.238 e. The Labute approximate surface area is 397 Å². The summed E-state index contributed by atoms with van der Waals surface area (Å²) in [6.45, 7) is 0. The molecule has 0 fully saturated rings. The van der Waals surface area contributed by atoms with Crippen molar-refractivity contribution in [3.63, 3.8) is 0 Å². The summed E-state index contributed by atoms with van der Waals surface area (Å²) in [4.78, 5) is 16.3. The minimum Gasteiger partial charge on any atom is -0.309 e. The lowest BCUT2D eigenvalue weighted by Gasteiger charge is -2.17. The molecule has 69 heavy (non-hydrogen) atoms. The van der Waals surface area contributed by atoms with Crippen molar-refractivity contribution in [3.8, 4) is 62.4 Å². The van der Waals surface area contributed by atoms with Crippen LogP contribution in [0.5, 0.6) is 0 Å². The molecule has 322 valence electrons. The second-order valence-corrected chi connectivity index (χ2v) is 17.6. The number of benzene rings is 10. The van der Waals surface area contributed by atoms with E-state index in [4.69, 9.17) is 15.0 Å². The fraction of sp³-hybridized carbons (Fsp3) is 0. The van der Waals surface area contributed by atoms with Gasteiger partial charge in [-0.3, -0.25) is 4.57 Å². The van der Waals surface area contributed by atoms with Crippen LogP contribution in [0.1, 0.15) is 0 Å². The first-order valence-electron chi connectivity index (χ1n) is 23.4. The zero-order valence-electron chi connectivity index (χ0n) is 37.3. The normalized spacial score (nSPS) is 11.8. The van der Waals surface area contributed by atoms with E-state index in [1.807, 2.05) is 18.2 Å². The summed E-state index contributed by atoms with van der Waals surface area (Å²) in [6.07, 6.45) is 0. The van der Waals surface area contributed by atoms with Crippen LogP contribution in [0.15, 0.2) is 243 Å². The molecule has 6 heteroatoms. The Morgan fingerprint density at radius 2 is 0.710 bits per heavy atom. The molecule has 0 aliphatic carbocycles. The van der Waals surface area contributed by atoms with Gasteiger partial charge in [-0.1, -0.05) is 194 Å². The molecule has 10 aromatic carbocycles. The predicted octanol–water partition coefficient (Wildman–Crippen LogP) is 15.8. The van der Waals surface area contributed by atoms with Gasteiger partial charge in [-0.15, -0.1) is 0 Å². The maximum absolute atomic E-state index is 5.53. The summed E-state index contributed by atoms with van der Waals surface area (Å²) in [5, 5.41) is 6.90. The largest absolute Gasteiger partial charge is 0.309 e. The zero-order chi connectivity index (χ0) is 45.4. The van der Waals surface area contributed by atoms with E-state index in [1.54, 1.807) is 0 Å². The van der Waals surface area contributed by atoms with E-state index in [2.05, 4.69) is 238 Å². The average molecular weight is 881 g/mol. The third-order valence-corrected chi connectivity index (χ3v) is 13.7. The van der Waals surface area contributed by atoms with Crippen LogP contribution in [0.3, 0.4) is 0 Å². The smallest absolute Gasteiger partial charge is 0.238 e. The Hall–Kier alpha value is -9.39. The third kappa shape index (κ3) is 6.16. The van der Waals surface area contributed by atoms with Gasteiger partial charge < -0.3 is 9.13 Å². The topological polar surface area (TPSA) is 53.5 Å². The monoisotopic (exact) mass is 880 g/mol. The fourth-order valence-electron chi connectivity index (χ4n) is 10.6. The highest BCUT2D eigenvalue weighted by Gasteiger charge is 2.25. The van der Waals surface area contributed by atoms with Gasteiger partial charge in [-0.05, 0) is 65.2 Å². The van der Waals surface area contributed by atoms with Crippen molar-refractivity contribution in [2.75, 3.05) is 0 Å². The van der Waals surface area contributed by atoms with Gasteiger partial charge in [0.15, 0.2) is 11.6 Å². The maximum atomic E-state index is 5.53. The van der Waals surface area contributed by atoms with E-state index in [0.717, 1.165) is 88.5 Å². The Bertz CT molecular complexity index is 4280. The Morgan fingerprint density at radius 1 is 0.261 bits per heavy atom. The molecule has 0 bridgehead atoms. The van der Waals surface area contributed by atoms with Crippen molar-refractivity contribution in [1.82, 2.24) is 28.7 Å². The zero-order valence-corrected chi connectivity index (χ0v) is 37.3. The Kier molecular flexibility index (Phi) is 8.79. The first-order valence-corrected chi connectivity index (χ1v) is 23.4. The van der Waals surface area contributed by atoms with Crippen LogP contribution in [0, 0.1) is 0 Å². The predicted molar refractivity (Wildman–Crippen MR) is 285 cm³/mol. The molecule has 4 aromatic heterocycles. The molecule has 14 rings (SSSR count). The third-order valence-electron chi connectivity index (χ3n) is 13.7. The molecule has 0 saturated heterocycles. The molecule has 0 aliphatic heterocycles. The van der Waals surface area contributed by atoms with E-state index in [-0.39, 0.29) is 0 Å². The standard InChI is InChI=1S/C63H40N6/c1-5-19-41(20-6-1)44-34-38-57(53(39-44)42-21-7-2-8-22-42)68-55-31-17-14-28-48(55)51-36-37-52-49-29-15-18-32-56(49)69(60(52)59(51)68)63-65-61(43-23-9-3-10-24-43)64-62(66-63)45-33-35-50-47-27-13-16-30-54(47)67(58(50)40-45)46-25-11-4-12-26-46/h1-40H. The van der Waals surface area contributed by atoms with Gasteiger partial charge in [0.25, 0.3) is 0 Å². The lowest BCUT2D eigenvalue weighted by Crippen LogP contribution is -2.07. The molecular weight excluding hydrogens is 841 g/mol. The van der Waals surface area contributed by atoms with Crippen LogP contribution in [0.4, 0.5) is 0 Å². The first-order chi connectivity index (χ1) is 34.2. The molecule has 0 amide bonds. The van der Waals surface area contributed by atoms with Gasteiger partial charge in [0.1, 0.15) is 0 Å². The minimum atomic E-state index is 0.542. The first kappa shape index (κ1) is 38.8. The summed E-state index contributed by atoms with van der Waals surface area (Å²) in [6, 6.07) is 86.3. The van der Waals surface area contributed by atoms with Gasteiger partial charge in [-0.2, -0.15) is 9.97 Å². The van der Waals surface area contributed by atoms with Crippen LogP contribution in [-0.4, -0.2) is 28.7 Å². The number of para-hydroxylation sites is 4. The fourth-order valence-corrected chi connectivity index (χ4v) is 10.6. The highest BCUT2D eigenvalue weighted by Crippen LogP contribution is 2.44. The second-order valence-electron chi connectivity index (χ2n) is 17.6. The van der Waals surface area contributed by atoms with Crippen molar-refractivity contribution >= 4 is 65.4 Å². The molecule has 0 saturated carbocycles.